The van der Waals surface area contributed by atoms with Crippen molar-refractivity contribution in [1.29, 1.82) is 0 Å². The van der Waals surface area contributed by atoms with Gasteiger partial charge < -0.3 is 4.74 Å². The lowest BCUT2D eigenvalue weighted by Gasteiger charge is -2.27. The Morgan fingerprint density at radius 3 is 2.61 bits per heavy atom. The number of aryl methyl sites for hydroxylation is 3. The molecule has 0 N–H and O–H groups in total. The summed E-state index contributed by atoms with van der Waals surface area (Å²) in [6, 6.07) is 12.8. The third-order valence-corrected chi connectivity index (χ3v) is 8.14. The van der Waals surface area contributed by atoms with E-state index in [1.165, 1.54) is 21.6 Å². The number of hydrogen-bond acceptors (Lipinski definition) is 6. The number of thioether (sulfide) groups is 1. The number of nitrogens with zero attached hydrogens (tertiary/aromatic N) is 3. The number of anilines is 1. The first-order chi connectivity index (χ1) is 16.0. The van der Waals surface area contributed by atoms with Gasteiger partial charge in [0.25, 0.3) is 0 Å². The molecule has 0 bridgehead atoms. The molecule has 5 nitrogen and oxygen atoms in total. The molecule has 7 heteroatoms. The van der Waals surface area contributed by atoms with Gasteiger partial charge in [0.1, 0.15) is 0 Å². The predicted octanol–water partition coefficient (Wildman–Crippen LogP) is 5.46. The van der Waals surface area contributed by atoms with E-state index in [0.717, 1.165) is 60.4 Å². The molecule has 1 fully saturated rings. The first kappa shape index (κ1) is 24.2. The van der Waals surface area contributed by atoms with Crippen LogP contribution in [0.5, 0.6) is 0 Å². The third kappa shape index (κ3) is 6.57. The Bertz CT molecular complexity index is 1040. The number of rotatable bonds is 9. The Balaban J connectivity index is 1.43. The van der Waals surface area contributed by atoms with Gasteiger partial charge in [-0.05, 0) is 62.6 Å². The molecule has 3 aromatic rings. The summed E-state index contributed by atoms with van der Waals surface area (Å²) < 4.78 is 6.60. The second-order valence-corrected chi connectivity index (χ2v) is 10.8. The lowest BCUT2D eigenvalue weighted by molar-refractivity contribution is -0.118. The van der Waals surface area contributed by atoms with Crippen molar-refractivity contribution < 1.29 is 9.53 Å². The van der Waals surface area contributed by atoms with Gasteiger partial charge >= 0.3 is 0 Å². The maximum Gasteiger partial charge on any atom is 0.229 e. The number of hydrogen-bond donors (Lipinski definition) is 0. The molecule has 176 valence electrons. The zero-order valence-electron chi connectivity index (χ0n) is 19.8. The number of amides is 1. The minimum Gasteiger partial charge on any atom is -0.379 e. The van der Waals surface area contributed by atoms with Crippen LogP contribution in [-0.4, -0.2) is 60.9 Å². The van der Waals surface area contributed by atoms with Gasteiger partial charge in [0.2, 0.25) is 5.91 Å². The lowest BCUT2D eigenvalue weighted by Crippen LogP contribution is -2.39. The van der Waals surface area contributed by atoms with Crippen molar-refractivity contribution >= 4 is 44.4 Å². The summed E-state index contributed by atoms with van der Waals surface area (Å²) in [7, 11) is 0. The van der Waals surface area contributed by atoms with Gasteiger partial charge in [-0.15, -0.1) is 11.8 Å². The minimum atomic E-state index is 0.157. The van der Waals surface area contributed by atoms with E-state index in [4.69, 9.17) is 9.72 Å². The minimum absolute atomic E-state index is 0.157. The molecule has 33 heavy (non-hydrogen) atoms. The molecule has 0 aliphatic carbocycles. The van der Waals surface area contributed by atoms with E-state index in [1.54, 1.807) is 23.1 Å². The van der Waals surface area contributed by atoms with Crippen LogP contribution >= 0.6 is 23.1 Å². The van der Waals surface area contributed by atoms with Crippen LogP contribution in [0.1, 0.15) is 29.5 Å². The van der Waals surface area contributed by atoms with E-state index in [1.807, 2.05) is 4.90 Å². The summed E-state index contributed by atoms with van der Waals surface area (Å²) in [5.74, 6) is 0.925. The van der Waals surface area contributed by atoms with Gasteiger partial charge in [-0.25, -0.2) is 4.98 Å². The topological polar surface area (TPSA) is 45.7 Å². The fourth-order valence-electron chi connectivity index (χ4n) is 3.91. The molecule has 1 amide bonds. The van der Waals surface area contributed by atoms with Gasteiger partial charge in [0.15, 0.2) is 5.13 Å². The number of benzene rings is 2. The van der Waals surface area contributed by atoms with Crippen LogP contribution in [0.4, 0.5) is 5.13 Å². The number of fused-ring (bicyclic) bond motifs is 1. The SMILES string of the molecule is Cc1ccc(SCCC(=O)N(CCCN2CCOCC2)c2nc3cc(C)c(C)cc3s2)cc1. The Morgan fingerprint density at radius 2 is 1.85 bits per heavy atom. The van der Waals surface area contributed by atoms with Crippen molar-refractivity contribution in [2.24, 2.45) is 0 Å². The average molecular weight is 484 g/mol. The highest BCUT2D eigenvalue weighted by atomic mass is 32.2. The standard InChI is InChI=1S/C26H33N3O2S2/c1-19-5-7-22(8-6-19)32-16-9-25(30)29(11-4-10-28-12-14-31-15-13-28)26-27-23-17-20(2)21(3)18-24(23)33-26/h5-8,17-18H,4,9-16H2,1-3H3. The molecule has 0 spiro atoms. The zero-order valence-corrected chi connectivity index (χ0v) is 21.4. The van der Waals surface area contributed by atoms with Crippen LogP contribution in [0.3, 0.4) is 0 Å². The fourth-order valence-corrected chi connectivity index (χ4v) is 5.84. The molecule has 0 atom stereocenters. The Labute approximate surface area is 205 Å². The highest BCUT2D eigenvalue weighted by molar-refractivity contribution is 7.99. The van der Waals surface area contributed by atoms with Crippen LogP contribution < -0.4 is 4.90 Å². The summed E-state index contributed by atoms with van der Waals surface area (Å²) in [6.07, 6.45) is 1.44. The second kappa shape index (κ2) is 11.5. The zero-order chi connectivity index (χ0) is 23.2. The molecule has 1 aliphatic rings. The molecule has 1 aromatic heterocycles. The number of ether oxygens (including phenoxy) is 1. The normalized spacial score (nSPS) is 14.6. The maximum atomic E-state index is 13.3. The van der Waals surface area contributed by atoms with Crippen molar-refractivity contribution in [3.05, 3.63) is 53.1 Å². The van der Waals surface area contributed by atoms with Crippen LogP contribution in [-0.2, 0) is 9.53 Å². The summed E-state index contributed by atoms with van der Waals surface area (Å²) in [5, 5.41) is 0.822. The predicted molar refractivity (Wildman–Crippen MR) is 140 cm³/mol. The molecule has 1 saturated heterocycles. The quantitative estimate of drug-likeness (QED) is 0.378. The van der Waals surface area contributed by atoms with Crippen molar-refractivity contribution in [2.75, 3.05) is 50.0 Å². The lowest BCUT2D eigenvalue weighted by atomic mass is 10.1. The third-order valence-electron chi connectivity index (χ3n) is 6.09. The highest BCUT2D eigenvalue weighted by Crippen LogP contribution is 2.31. The van der Waals surface area contributed by atoms with Crippen molar-refractivity contribution in [2.45, 2.75) is 38.5 Å². The van der Waals surface area contributed by atoms with Gasteiger partial charge in [-0.1, -0.05) is 29.0 Å². The highest BCUT2D eigenvalue weighted by Gasteiger charge is 2.20. The Kier molecular flexibility index (Phi) is 8.41. The van der Waals surface area contributed by atoms with E-state index in [0.29, 0.717) is 13.0 Å². The first-order valence-electron chi connectivity index (χ1n) is 11.7. The van der Waals surface area contributed by atoms with Gasteiger partial charge in [-0.2, -0.15) is 0 Å². The van der Waals surface area contributed by atoms with Gasteiger partial charge in [0.05, 0.1) is 23.4 Å². The molecule has 0 unspecified atom stereocenters. The van der Waals surface area contributed by atoms with Gasteiger partial charge in [-0.3, -0.25) is 14.6 Å². The number of thiazole rings is 1. The van der Waals surface area contributed by atoms with Crippen molar-refractivity contribution in [3.63, 3.8) is 0 Å². The monoisotopic (exact) mass is 483 g/mol. The van der Waals surface area contributed by atoms with Crippen molar-refractivity contribution in [1.82, 2.24) is 9.88 Å². The Morgan fingerprint density at radius 1 is 1.12 bits per heavy atom. The van der Waals surface area contributed by atoms with E-state index in [9.17, 15) is 4.79 Å². The molecule has 0 radical (unpaired) electrons. The summed E-state index contributed by atoms with van der Waals surface area (Å²) in [5.41, 5.74) is 4.73. The molecule has 0 saturated carbocycles. The molecule has 2 aromatic carbocycles. The van der Waals surface area contributed by atoms with E-state index in [2.05, 4.69) is 62.1 Å². The van der Waals surface area contributed by atoms with Crippen LogP contribution in [0.25, 0.3) is 10.2 Å². The first-order valence-corrected chi connectivity index (χ1v) is 13.5. The summed E-state index contributed by atoms with van der Waals surface area (Å²) in [6.45, 7) is 11.6. The number of carbonyl (C=O) groups excluding carboxylic acids is 1. The number of carbonyl (C=O) groups is 1. The van der Waals surface area contributed by atoms with Gasteiger partial charge in [0, 0.05) is 43.2 Å². The average Bonchev–Trinajstić information content (AvgIpc) is 3.21. The van der Waals surface area contributed by atoms with Crippen LogP contribution in [0.15, 0.2) is 41.3 Å². The van der Waals surface area contributed by atoms with Crippen molar-refractivity contribution in [3.8, 4) is 0 Å². The molecular formula is C26H33N3O2S2. The summed E-state index contributed by atoms with van der Waals surface area (Å²) in [4.78, 5) is 23.7. The number of aromatic nitrogens is 1. The van der Waals surface area contributed by atoms with Crippen LogP contribution in [0, 0.1) is 20.8 Å². The molecule has 1 aliphatic heterocycles. The fraction of sp³-hybridized carbons (Fsp3) is 0.462. The number of morpholine rings is 1. The van der Waals surface area contributed by atoms with E-state index < -0.39 is 0 Å². The van der Waals surface area contributed by atoms with Crippen LogP contribution in [0.2, 0.25) is 0 Å². The molecule has 2 heterocycles. The van der Waals surface area contributed by atoms with E-state index >= 15 is 0 Å². The smallest absolute Gasteiger partial charge is 0.229 e. The largest absolute Gasteiger partial charge is 0.379 e. The second-order valence-electron chi connectivity index (χ2n) is 8.67. The Hall–Kier alpha value is -1.93. The summed E-state index contributed by atoms with van der Waals surface area (Å²) >= 11 is 3.37. The maximum absolute atomic E-state index is 13.3. The molecular weight excluding hydrogens is 450 g/mol. The molecule has 4 rings (SSSR count). The van der Waals surface area contributed by atoms with E-state index in [-0.39, 0.29) is 5.91 Å².